The van der Waals surface area contributed by atoms with Gasteiger partial charge in [-0.25, -0.2) is 4.79 Å². The zero-order chi connectivity index (χ0) is 18.5. The van der Waals surface area contributed by atoms with E-state index in [9.17, 15) is 4.79 Å². The Morgan fingerprint density at radius 1 is 1.12 bits per heavy atom. The predicted octanol–water partition coefficient (Wildman–Crippen LogP) is 3.56. The van der Waals surface area contributed by atoms with E-state index in [-0.39, 0.29) is 12.8 Å². The number of hydrogen-bond donors (Lipinski definition) is 2. The third kappa shape index (κ3) is 4.52. The number of carbonyl (C=O) groups is 1. The second-order valence-electron chi connectivity index (χ2n) is 6.02. The Hall–Kier alpha value is -2.60. The summed E-state index contributed by atoms with van der Waals surface area (Å²) in [4.78, 5) is 11.9. The molecule has 2 aromatic carbocycles. The van der Waals surface area contributed by atoms with Gasteiger partial charge >= 0.3 is 6.03 Å². The van der Waals surface area contributed by atoms with E-state index in [4.69, 9.17) is 25.8 Å². The molecular weight excluding hydrogens is 356 g/mol. The van der Waals surface area contributed by atoms with Crippen LogP contribution in [0, 0.1) is 13.8 Å². The molecule has 1 aliphatic rings. The molecule has 0 fully saturated rings. The number of rotatable bonds is 6. The van der Waals surface area contributed by atoms with Gasteiger partial charge in [0.25, 0.3) is 0 Å². The highest BCUT2D eigenvalue weighted by Gasteiger charge is 2.13. The molecule has 3 rings (SSSR count). The van der Waals surface area contributed by atoms with Crippen LogP contribution in [0.4, 0.5) is 4.79 Å². The predicted molar refractivity (Wildman–Crippen MR) is 99.2 cm³/mol. The zero-order valence-corrected chi connectivity index (χ0v) is 15.5. The van der Waals surface area contributed by atoms with E-state index in [1.807, 2.05) is 44.2 Å². The van der Waals surface area contributed by atoms with Gasteiger partial charge in [0.15, 0.2) is 11.5 Å². The summed E-state index contributed by atoms with van der Waals surface area (Å²) in [6.45, 7) is 5.28. The molecule has 0 radical (unpaired) electrons. The second-order valence-corrected chi connectivity index (χ2v) is 6.39. The van der Waals surface area contributed by atoms with Crippen LogP contribution in [0.1, 0.15) is 16.7 Å². The molecule has 26 heavy (non-hydrogen) atoms. The van der Waals surface area contributed by atoms with Crippen molar-refractivity contribution in [1.29, 1.82) is 0 Å². The van der Waals surface area contributed by atoms with Crippen molar-refractivity contribution >= 4 is 17.6 Å². The van der Waals surface area contributed by atoms with Gasteiger partial charge in [-0.3, -0.25) is 0 Å². The van der Waals surface area contributed by atoms with Crippen LogP contribution < -0.4 is 24.8 Å². The smallest absolute Gasteiger partial charge is 0.315 e. The zero-order valence-electron chi connectivity index (χ0n) is 14.7. The lowest BCUT2D eigenvalue weighted by Crippen LogP contribution is -2.37. The minimum absolute atomic E-state index is 0.235. The van der Waals surface area contributed by atoms with Crippen LogP contribution in [0.25, 0.3) is 0 Å². The maximum Gasteiger partial charge on any atom is 0.315 e. The Bertz CT molecular complexity index is 787. The van der Waals surface area contributed by atoms with E-state index >= 15 is 0 Å². The molecule has 1 aliphatic heterocycles. The minimum Gasteiger partial charge on any atom is -0.492 e. The summed E-state index contributed by atoms with van der Waals surface area (Å²) in [7, 11) is 0. The van der Waals surface area contributed by atoms with Crippen LogP contribution in [0.3, 0.4) is 0 Å². The van der Waals surface area contributed by atoms with Gasteiger partial charge in [0.05, 0.1) is 6.54 Å². The fourth-order valence-corrected chi connectivity index (χ4v) is 2.73. The van der Waals surface area contributed by atoms with Gasteiger partial charge in [0, 0.05) is 11.6 Å². The van der Waals surface area contributed by atoms with Gasteiger partial charge in [-0.15, -0.1) is 0 Å². The Balaban J connectivity index is 1.38. The highest BCUT2D eigenvalue weighted by Crippen LogP contribution is 2.32. The van der Waals surface area contributed by atoms with Crippen LogP contribution in [-0.2, 0) is 6.54 Å². The monoisotopic (exact) mass is 376 g/mol. The first kappa shape index (κ1) is 18.2. The van der Waals surface area contributed by atoms with Crippen molar-refractivity contribution in [2.24, 2.45) is 0 Å². The van der Waals surface area contributed by atoms with Crippen LogP contribution >= 0.6 is 11.6 Å². The molecule has 0 spiro atoms. The molecule has 6 nitrogen and oxygen atoms in total. The standard InChI is InChI=1S/C19H21ClN2O4/c1-12-7-15(8-13(2)18(12)20)24-6-5-21-19(23)22-10-14-3-4-16-17(9-14)26-11-25-16/h3-4,7-9H,5-6,10-11H2,1-2H3,(H2,21,22,23). The molecule has 2 amide bonds. The molecule has 2 aromatic rings. The van der Waals surface area contributed by atoms with Gasteiger partial charge in [-0.05, 0) is 54.8 Å². The van der Waals surface area contributed by atoms with Crippen molar-refractivity contribution in [2.75, 3.05) is 19.9 Å². The summed E-state index contributed by atoms with van der Waals surface area (Å²) < 4.78 is 16.2. The summed E-state index contributed by atoms with van der Waals surface area (Å²) >= 11 is 6.13. The van der Waals surface area contributed by atoms with Crippen LogP contribution in [0.5, 0.6) is 17.2 Å². The normalized spacial score (nSPS) is 12.0. The SMILES string of the molecule is Cc1cc(OCCNC(=O)NCc2ccc3c(c2)OCO3)cc(C)c1Cl. The van der Waals surface area contributed by atoms with Gasteiger partial charge in [0.2, 0.25) is 6.79 Å². The van der Waals surface area contributed by atoms with Crippen molar-refractivity contribution < 1.29 is 19.0 Å². The molecule has 0 aliphatic carbocycles. The summed E-state index contributed by atoms with van der Waals surface area (Å²) in [5.41, 5.74) is 2.87. The lowest BCUT2D eigenvalue weighted by molar-refractivity contribution is 0.174. The number of halogens is 1. The van der Waals surface area contributed by atoms with Crippen LogP contribution in [0.2, 0.25) is 5.02 Å². The Morgan fingerprint density at radius 3 is 2.62 bits per heavy atom. The molecule has 1 heterocycles. The highest BCUT2D eigenvalue weighted by molar-refractivity contribution is 6.32. The van der Waals surface area contributed by atoms with Crippen molar-refractivity contribution in [3.63, 3.8) is 0 Å². The molecule has 7 heteroatoms. The summed E-state index contributed by atoms with van der Waals surface area (Å²) in [6, 6.07) is 9.10. The molecule has 0 saturated carbocycles. The third-order valence-corrected chi connectivity index (χ3v) is 4.55. The second kappa shape index (κ2) is 8.19. The van der Waals surface area contributed by atoms with Crippen molar-refractivity contribution in [3.8, 4) is 17.2 Å². The van der Waals surface area contributed by atoms with Gasteiger partial charge < -0.3 is 24.8 Å². The summed E-state index contributed by atoms with van der Waals surface area (Å²) in [6.07, 6.45) is 0. The number of benzene rings is 2. The maximum atomic E-state index is 11.9. The molecule has 0 aromatic heterocycles. The van der Waals surface area contributed by atoms with Crippen molar-refractivity contribution in [3.05, 3.63) is 52.0 Å². The lowest BCUT2D eigenvalue weighted by Gasteiger charge is -2.11. The van der Waals surface area contributed by atoms with E-state index in [0.29, 0.717) is 25.4 Å². The molecule has 0 unspecified atom stereocenters. The number of nitrogens with one attached hydrogen (secondary N) is 2. The van der Waals surface area contributed by atoms with E-state index in [1.54, 1.807) is 0 Å². The molecule has 138 valence electrons. The van der Waals surface area contributed by atoms with Crippen molar-refractivity contribution in [1.82, 2.24) is 10.6 Å². The molecular formula is C19H21ClN2O4. The fourth-order valence-electron chi connectivity index (χ4n) is 2.62. The number of fused-ring (bicyclic) bond motifs is 1. The largest absolute Gasteiger partial charge is 0.492 e. The first-order valence-corrected chi connectivity index (χ1v) is 8.70. The summed E-state index contributed by atoms with van der Waals surface area (Å²) in [5, 5.41) is 6.30. The van der Waals surface area contributed by atoms with Crippen LogP contribution in [0.15, 0.2) is 30.3 Å². The summed E-state index contributed by atoms with van der Waals surface area (Å²) in [5.74, 6) is 2.17. The molecule has 0 bridgehead atoms. The van der Waals surface area contributed by atoms with Gasteiger partial charge in [-0.2, -0.15) is 0 Å². The van der Waals surface area contributed by atoms with Gasteiger partial charge in [-0.1, -0.05) is 17.7 Å². The van der Waals surface area contributed by atoms with E-state index in [1.165, 1.54) is 0 Å². The lowest BCUT2D eigenvalue weighted by atomic mass is 10.1. The maximum absolute atomic E-state index is 11.9. The third-order valence-electron chi connectivity index (χ3n) is 3.96. The number of aryl methyl sites for hydroxylation is 2. The molecule has 0 atom stereocenters. The molecule has 0 saturated heterocycles. The average Bonchev–Trinajstić information content (AvgIpc) is 3.09. The molecule has 2 N–H and O–H groups in total. The number of urea groups is 1. The number of carbonyl (C=O) groups excluding carboxylic acids is 1. The Morgan fingerprint density at radius 2 is 1.85 bits per heavy atom. The van der Waals surface area contributed by atoms with E-state index in [2.05, 4.69) is 10.6 Å². The highest BCUT2D eigenvalue weighted by atomic mass is 35.5. The van der Waals surface area contributed by atoms with Gasteiger partial charge in [0.1, 0.15) is 12.4 Å². The fraction of sp³-hybridized carbons (Fsp3) is 0.316. The Labute approximate surface area is 157 Å². The first-order chi connectivity index (χ1) is 12.5. The van der Waals surface area contributed by atoms with Crippen molar-refractivity contribution in [2.45, 2.75) is 20.4 Å². The Kier molecular flexibility index (Phi) is 5.73. The minimum atomic E-state index is -0.255. The average molecular weight is 377 g/mol. The number of ether oxygens (including phenoxy) is 3. The van der Waals surface area contributed by atoms with Crippen LogP contribution in [-0.4, -0.2) is 26.0 Å². The quantitative estimate of drug-likeness (QED) is 0.756. The van der Waals surface area contributed by atoms with E-state index < -0.39 is 0 Å². The number of hydrogen-bond acceptors (Lipinski definition) is 4. The number of amides is 2. The first-order valence-electron chi connectivity index (χ1n) is 8.32. The topological polar surface area (TPSA) is 68.8 Å². The van der Waals surface area contributed by atoms with E-state index in [0.717, 1.165) is 33.2 Å².